The Labute approximate surface area is 125 Å². The van der Waals surface area contributed by atoms with Crippen molar-refractivity contribution in [3.05, 3.63) is 29.8 Å². The van der Waals surface area contributed by atoms with E-state index in [0.29, 0.717) is 11.3 Å². The molecule has 1 aliphatic carbocycles. The van der Waals surface area contributed by atoms with Gasteiger partial charge in [0.15, 0.2) is 0 Å². The molecule has 112 valence electrons. The number of benzene rings is 1. The highest BCUT2D eigenvalue weighted by atomic mass is 16.2. The van der Waals surface area contributed by atoms with Crippen LogP contribution in [0.5, 0.6) is 0 Å². The molecule has 0 bridgehead atoms. The molecule has 0 saturated heterocycles. The van der Waals surface area contributed by atoms with Crippen LogP contribution in [0.3, 0.4) is 0 Å². The number of amides is 2. The van der Waals surface area contributed by atoms with Crippen molar-refractivity contribution in [3.8, 4) is 6.07 Å². The van der Waals surface area contributed by atoms with E-state index in [0.717, 1.165) is 0 Å². The number of anilines is 1. The smallest absolute Gasteiger partial charge is 0.319 e. The summed E-state index contributed by atoms with van der Waals surface area (Å²) in [6.07, 6.45) is 0. The van der Waals surface area contributed by atoms with E-state index in [4.69, 9.17) is 11.0 Å². The average Bonchev–Trinajstić information content (AvgIpc) is 2.43. The second kappa shape index (κ2) is 5.05. The van der Waals surface area contributed by atoms with Crippen LogP contribution in [0.25, 0.3) is 0 Å². The Balaban J connectivity index is 2.04. The highest BCUT2D eigenvalue weighted by molar-refractivity contribution is 5.89. The average molecular weight is 286 g/mol. The molecular formula is C16H22N4O. The molecule has 1 saturated carbocycles. The topological polar surface area (TPSA) is 90.9 Å². The molecule has 1 aromatic rings. The first kappa shape index (κ1) is 15.3. The van der Waals surface area contributed by atoms with Crippen LogP contribution in [0.15, 0.2) is 24.3 Å². The van der Waals surface area contributed by atoms with Crippen molar-refractivity contribution in [1.29, 1.82) is 5.26 Å². The summed E-state index contributed by atoms with van der Waals surface area (Å²) in [5.41, 5.74) is 7.01. The van der Waals surface area contributed by atoms with E-state index in [1.807, 2.05) is 6.07 Å². The van der Waals surface area contributed by atoms with Crippen LogP contribution in [0.1, 0.15) is 33.3 Å². The summed E-state index contributed by atoms with van der Waals surface area (Å²) < 4.78 is 0. The third kappa shape index (κ3) is 2.59. The monoisotopic (exact) mass is 286 g/mol. The maximum atomic E-state index is 12.2. The van der Waals surface area contributed by atoms with Gasteiger partial charge in [0.1, 0.15) is 0 Å². The second-order valence-electron chi connectivity index (χ2n) is 6.84. The van der Waals surface area contributed by atoms with Crippen LogP contribution < -0.4 is 16.4 Å². The molecule has 0 unspecified atom stereocenters. The zero-order chi connectivity index (χ0) is 15.8. The van der Waals surface area contributed by atoms with Crippen LogP contribution in [0.4, 0.5) is 10.5 Å². The molecule has 0 spiro atoms. The number of nitriles is 1. The lowest BCUT2D eigenvalue weighted by molar-refractivity contribution is -0.0638. The Bertz CT molecular complexity index is 585. The van der Waals surface area contributed by atoms with Gasteiger partial charge in [-0.3, -0.25) is 0 Å². The Hall–Kier alpha value is -2.06. The molecule has 1 fully saturated rings. The molecule has 5 heteroatoms. The van der Waals surface area contributed by atoms with Crippen LogP contribution in [0.2, 0.25) is 0 Å². The number of nitrogens with one attached hydrogen (secondary N) is 2. The zero-order valence-corrected chi connectivity index (χ0v) is 12.9. The van der Waals surface area contributed by atoms with Gasteiger partial charge in [0, 0.05) is 28.6 Å². The van der Waals surface area contributed by atoms with Gasteiger partial charge in [0.25, 0.3) is 0 Å². The van der Waals surface area contributed by atoms with Crippen LogP contribution in [-0.2, 0) is 0 Å². The number of carbonyl (C=O) groups excluding carboxylic acids is 1. The first-order chi connectivity index (χ1) is 9.69. The standard InChI is InChI=1S/C16H22N4O/c1-15(2)12(18)16(3,4)13(15)20-14(21)19-11-7-5-6-10(8-11)9-17/h5-8,12-13H,18H2,1-4H3,(H2,19,20,21). The Morgan fingerprint density at radius 2 is 1.90 bits per heavy atom. The normalized spacial score (nSPS) is 25.3. The Kier molecular flexibility index (Phi) is 3.68. The SMILES string of the molecule is CC1(C)C(N)C(C)(C)C1NC(=O)Nc1cccc(C#N)c1. The van der Waals surface area contributed by atoms with Crippen LogP contribution >= 0.6 is 0 Å². The van der Waals surface area contributed by atoms with E-state index in [9.17, 15) is 4.79 Å². The zero-order valence-electron chi connectivity index (χ0n) is 12.9. The van der Waals surface area contributed by atoms with Crippen LogP contribution in [0, 0.1) is 22.2 Å². The fourth-order valence-electron chi connectivity index (χ4n) is 3.52. The molecule has 0 heterocycles. The molecule has 1 aliphatic rings. The summed E-state index contributed by atoms with van der Waals surface area (Å²) in [5, 5.41) is 14.6. The molecule has 2 amide bonds. The number of nitrogens with two attached hydrogens (primary N) is 1. The van der Waals surface area contributed by atoms with E-state index < -0.39 is 0 Å². The van der Waals surface area contributed by atoms with Gasteiger partial charge in [-0.1, -0.05) is 33.8 Å². The maximum absolute atomic E-state index is 12.2. The third-order valence-electron chi connectivity index (χ3n) is 4.62. The summed E-state index contributed by atoms with van der Waals surface area (Å²) in [4.78, 5) is 12.2. The molecule has 0 aliphatic heterocycles. The Morgan fingerprint density at radius 3 is 2.48 bits per heavy atom. The summed E-state index contributed by atoms with van der Waals surface area (Å²) in [6, 6.07) is 8.64. The van der Waals surface area contributed by atoms with Crippen molar-refractivity contribution in [3.63, 3.8) is 0 Å². The minimum absolute atomic E-state index is 0.000788. The summed E-state index contributed by atoms with van der Waals surface area (Å²) in [7, 11) is 0. The predicted molar refractivity (Wildman–Crippen MR) is 82.6 cm³/mol. The third-order valence-corrected chi connectivity index (χ3v) is 4.62. The van der Waals surface area contributed by atoms with Crippen molar-refractivity contribution in [2.45, 2.75) is 39.8 Å². The first-order valence-corrected chi connectivity index (χ1v) is 7.03. The second-order valence-corrected chi connectivity index (χ2v) is 6.84. The van der Waals surface area contributed by atoms with Crippen molar-refractivity contribution in [1.82, 2.24) is 5.32 Å². The van der Waals surface area contributed by atoms with Gasteiger partial charge in [0.2, 0.25) is 0 Å². The number of hydrogen-bond acceptors (Lipinski definition) is 3. The van der Waals surface area contributed by atoms with Crippen molar-refractivity contribution < 1.29 is 4.79 Å². The van der Waals surface area contributed by atoms with Gasteiger partial charge in [-0.25, -0.2) is 4.79 Å². The van der Waals surface area contributed by atoms with Gasteiger partial charge in [-0.05, 0) is 18.2 Å². The van der Waals surface area contributed by atoms with Crippen molar-refractivity contribution >= 4 is 11.7 Å². The molecule has 5 nitrogen and oxygen atoms in total. The number of nitrogens with zero attached hydrogens (tertiary/aromatic N) is 1. The first-order valence-electron chi connectivity index (χ1n) is 7.03. The molecule has 0 atom stereocenters. The lowest BCUT2D eigenvalue weighted by atomic mass is 9.48. The molecule has 1 aromatic carbocycles. The highest BCUT2D eigenvalue weighted by Crippen LogP contribution is 2.52. The summed E-state index contributed by atoms with van der Waals surface area (Å²) in [6.45, 7) is 8.24. The molecule has 0 radical (unpaired) electrons. The van der Waals surface area contributed by atoms with Gasteiger partial charge >= 0.3 is 6.03 Å². The van der Waals surface area contributed by atoms with E-state index >= 15 is 0 Å². The van der Waals surface area contributed by atoms with Crippen molar-refractivity contribution in [2.75, 3.05) is 5.32 Å². The number of rotatable bonds is 2. The van der Waals surface area contributed by atoms with Gasteiger partial charge in [-0.15, -0.1) is 0 Å². The lowest BCUT2D eigenvalue weighted by Gasteiger charge is -2.62. The van der Waals surface area contributed by atoms with Gasteiger partial charge < -0.3 is 16.4 Å². The maximum Gasteiger partial charge on any atom is 0.319 e. The predicted octanol–water partition coefficient (Wildman–Crippen LogP) is 2.44. The number of hydrogen-bond donors (Lipinski definition) is 3. The van der Waals surface area contributed by atoms with Gasteiger partial charge in [0.05, 0.1) is 11.6 Å². The molecule has 4 N–H and O–H groups in total. The van der Waals surface area contributed by atoms with E-state index in [1.54, 1.807) is 24.3 Å². The number of urea groups is 1. The molecule has 2 rings (SSSR count). The largest absolute Gasteiger partial charge is 0.334 e. The van der Waals surface area contributed by atoms with E-state index in [2.05, 4.69) is 38.3 Å². The number of carbonyl (C=O) groups is 1. The molecule has 21 heavy (non-hydrogen) atoms. The minimum Gasteiger partial charge on any atom is -0.334 e. The fraction of sp³-hybridized carbons (Fsp3) is 0.500. The quantitative estimate of drug-likeness (QED) is 0.779. The lowest BCUT2D eigenvalue weighted by Crippen LogP contribution is -2.76. The summed E-state index contributed by atoms with van der Waals surface area (Å²) in [5.74, 6) is 0. The Morgan fingerprint density at radius 1 is 1.29 bits per heavy atom. The van der Waals surface area contributed by atoms with Crippen LogP contribution in [-0.4, -0.2) is 18.1 Å². The molecule has 0 aromatic heterocycles. The molecular weight excluding hydrogens is 264 g/mol. The summed E-state index contributed by atoms with van der Waals surface area (Å²) >= 11 is 0. The minimum atomic E-state index is -0.275. The highest BCUT2D eigenvalue weighted by Gasteiger charge is 2.60. The van der Waals surface area contributed by atoms with Gasteiger partial charge in [-0.2, -0.15) is 5.26 Å². The fourth-order valence-corrected chi connectivity index (χ4v) is 3.52. The van der Waals surface area contributed by atoms with E-state index in [-0.39, 0.29) is 28.9 Å². The van der Waals surface area contributed by atoms with Crippen molar-refractivity contribution in [2.24, 2.45) is 16.6 Å². The van der Waals surface area contributed by atoms with E-state index in [1.165, 1.54) is 0 Å².